The monoisotopic (exact) mass is 321 g/mol. The number of hydrogen-bond donors (Lipinski definition) is 0. The smallest absolute Gasteiger partial charge is 0.164 e. The molecule has 0 aliphatic heterocycles. The summed E-state index contributed by atoms with van der Waals surface area (Å²) in [5.74, 6) is 1.71. The normalized spacial score (nSPS) is 13.5. The van der Waals surface area contributed by atoms with Crippen LogP contribution in [0.4, 0.5) is 0 Å². The molecule has 0 aliphatic carbocycles. The summed E-state index contributed by atoms with van der Waals surface area (Å²) < 4.78 is 2.11. The molecule has 0 aliphatic rings. The van der Waals surface area contributed by atoms with Crippen molar-refractivity contribution < 1.29 is 0 Å². The minimum atomic E-state index is 0.726. The molecule has 0 saturated heterocycles. The van der Waals surface area contributed by atoms with Crippen LogP contribution in [0.15, 0.2) is 73.4 Å². The molecule has 1 rings (SSSR count). The molecule has 0 fully saturated rings. The number of aromatic nitrogens is 3. The molecule has 0 atom stereocenters. The molecule has 126 valence electrons. The van der Waals surface area contributed by atoms with Gasteiger partial charge in [0.2, 0.25) is 0 Å². The van der Waals surface area contributed by atoms with Crippen LogP contribution >= 0.6 is 0 Å². The Balaban J connectivity index is 3.13. The molecule has 0 N–H and O–H groups in total. The molecule has 24 heavy (non-hydrogen) atoms. The topological polar surface area (TPSA) is 30.7 Å². The van der Waals surface area contributed by atoms with Crippen LogP contribution in [0, 0.1) is 0 Å². The molecule has 0 saturated carbocycles. The maximum Gasteiger partial charge on any atom is 0.164 e. The lowest BCUT2D eigenvalue weighted by atomic mass is 10.2. The molecule has 0 bridgehead atoms. The van der Waals surface area contributed by atoms with Crippen molar-refractivity contribution >= 4 is 11.6 Å². The van der Waals surface area contributed by atoms with E-state index in [1.54, 1.807) is 0 Å². The zero-order chi connectivity index (χ0) is 17.6. The summed E-state index contributed by atoms with van der Waals surface area (Å²) in [6.07, 6.45) is 25.0. The number of hydrogen-bond acceptors (Lipinski definition) is 2. The van der Waals surface area contributed by atoms with Gasteiger partial charge in [0.25, 0.3) is 0 Å². The lowest BCUT2D eigenvalue weighted by Gasteiger charge is -2.06. The van der Waals surface area contributed by atoms with E-state index in [0.29, 0.717) is 0 Å². The first-order valence-corrected chi connectivity index (χ1v) is 8.23. The number of nitrogens with zero attached hydrogens (tertiary/aromatic N) is 3. The zero-order valence-electron chi connectivity index (χ0n) is 14.9. The quantitative estimate of drug-likeness (QED) is 0.442. The fraction of sp³-hybridized carbons (Fsp3) is 0.238. The van der Waals surface area contributed by atoms with Crippen LogP contribution in [0.5, 0.6) is 0 Å². The molecular formula is C21H27N3. The second-order valence-corrected chi connectivity index (χ2v) is 5.00. The van der Waals surface area contributed by atoms with Crippen molar-refractivity contribution in [3.05, 3.63) is 85.1 Å². The highest BCUT2D eigenvalue weighted by atomic mass is 15.3. The van der Waals surface area contributed by atoms with Gasteiger partial charge in [0.1, 0.15) is 0 Å². The number of allylic oxidation sites excluding steroid dienone is 12. The molecule has 0 radical (unpaired) electrons. The maximum absolute atomic E-state index is 4.37. The van der Waals surface area contributed by atoms with Crippen molar-refractivity contribution in [1.82, 2.24) is 14.8 Å². The first-order valence-electron chi connectivity index (χ1n) is 8.23. The molecule has 1 aromatic heterocycles. The van der Waals surface area contributed by atoms with E-state index in [1.165, 1.54) is 0 Å². The van der Waals surface area contributed by atoms with Gasteiger partial charge in [-0.15, -0.1) is 16.8 Å². The van der Waals surface area contributed by atoms with E-state index in [-0.39, 0.29) is 0 Å². The van der Waals surface area contributed by atoms with Crippen molar-refractivity contribution in [2.75, 3.05) is 0 Å². The lowest BCUT2D eigenvalue weighted by molar-refractivity contribution is 0.792. The Morgan fingerprint density at radius 1 is 1.00 bits per heavy atom. The van der Waals surface area contributed by atoms with Gasteiger partial charge in [0.05, 0.1) is 0 Å². The van der Waals surface area contributed by atoms with Crippen molar-refractivity contribution in [3.8, 4) is 0 Å². The Labute approximate surface area is 145 Å². The van der Waals surface area contributed by atoms with Gasteiger partial charge in [-0.1, -0.05) is 66.8 Å². The van der Waals surface area contributed by atoms with Crippen molar-refractivity contribution in [1.29, 1.82) is 0 Å². The van der Waals surface area contributed by atoms with Crippen LogP contribution in [0.3, 0.4) is 0 Å². The molecule has 1 aromatic rings. The van der Waals surface area contributed by atoms with Crippen LogP contribution in [0.1, 0.15) is 38.8 Å². The fourth-order valence-corrected chi connectivity index (χ4v) is 2.06. The highest BCUT2D eigenvalue weighted by Crippen LogP contribution is 2.16. The van der Waals surface area contributed by atoms with Gasteiger partial charge in [-0.05, 0) is 33.3 Å². The molecule has 0 spiro atoms. The van der Waals surface area contributed by atoms with Crippen molar-refractivity contribution in [2.45, 2.75) is 33.7 Å². The van der Waals surface area contributed by atoms with E-state index in [4.69, 9.17) is 0 Å². The van der Waals surface area contributed by atoms with Gasteiger partial charge in [-0.25, -0.2) is 0 Å². The van der Waals surface area contributed by atoms with Crippen LogP contribution in [-0.4, -0.2) is 14.8 Å². The molecule has 1 heterocycles. The van der Waals surface area contributed by atoms with E-state index in [9.17, 15) is 0 Å². The van der Waals surface area contributed by atoms with Crippen molar-refractivity contribution in [2.24, 2.45) is 0 Å². The summed E-state index contributed by atoms with van der Waals surface area (Å²) in [5, 5.41) is 8.70. The molecule has 0 unspecified atom stereocenters. The summed E-state index contributed by atoms with van der Waals surface area (Å²) in [6, 6.07) is 0. The van der Waals surface area contributed by atoms with Crippen LogP contribution in [0.25, 0.3) is 11.6 Å². The predicted molar refractivity (Wildman–Crippen MR) is 105 cm³/mol. The summed E-state index contributed by atoms with van der Waals surface area (Å²) in [4.78, 5) is 0. The Morgan fingerprint density at radius 2 is 1.79 bits per heavy atom. The van der Waals surface area contributed by atoms with Gasteiger partial charge in [0.15, 0.2) is 11.6 Å². The van der Waals surface area contributed by atoms with Gasteiger partial charge >= 0.3 is 0 Å². The number of rotatable bonds is 9. The maximum atomic E-state index is 4.37. The minimum Gasteiger partial charge on any atom is -0.304 e. The second-order valence-electron chi connectivity index (χ2n) is 5.00. The first kappa shape index (κ1) is 19.4. The predicted octanol–water partition coefficient (Wildman–Crippen LogP) is 5.54. The van der Waals surface area contributed by atoms with Crippen LogP contribution in [-0.2, 0) is 6.54 Å². The summed E-state index contributed by atoms with van der Waals surface area (Å²) in [6.45, 7) is 10.5. The van der Waals surface area contributed by atoms with E-state index in [1.807, 2.05) is 81.5 Å². The molecule has 3 heteroatoms. The van der Waals surface area contributed by atoms with Gasteiger partial charge in [-0.2, -0.15) is 0 Å². The average Bonchev–Trinajstić information content (AvgIpc) is 2.99. The molecule has 0 aromatic carbocycles. The SMILES string of the molecule is C=CC/C=C\Cn1c(/C=C/C=C\C=C/C)nnc1C(/C=C\C)=C/C. The third kappa shape index (κ3) is 6.21. The van der Waals surface area contributed by atoms with Gasteiger partial charge in [-0.3, -0.25) is 0 Å². The second kappa shape index (κ2) is 11.8. The van der Waals surface area contributed by atoms with E-state index in [0.717, 1.165) is 30.2 Å². The lowest BCUT2D eigenvalue weighted by Crippen LogP contribution is -2.03. The zero-order valence-corrected chi connectivity index (χ0v) is 14.9. The Kier molecular flexibility index (Phi) is 9.55. The fourth-order valence-electron chi connectivity index (χ4n) is 2.06. The van der Waals surface area contributed by atoms with Crippen molar-refractivity contribution in [3.63, 3.8) is 0 Å². The summed E-state index contributed by atoms with van der Waals surface area (Å²) >= 11 is 0. The molecule has 3 nitrogen and oxygen atoms in total. The standard InChI is InChI=1S/C21H27N3/c1-5-9-11-13-14-17-20-22-23-21(19(8-4)16-7-3)24(20)18-15-12-10-6-2/h5-9,11-17H,2,10,18H2,1,3-4H3/b9-5-,13-11-,15-12-,16-7-,17-14+,19-8+. The summed E-state index contributed by atoms with van der Waals surface area (Å²) in [5.41, 5.74) is 1.06. The highest BCUT2D eigenvalue weighted by Gasteiger charge is 2.10. The Hall–Kier alpha value is -2.68. The third-order valence-electron chi connectivity index (χ3n) is 3.22. The summed E-state index contributed by atoms with van der Waals surface area (Å²) in [7, 11) is 0. The first-order chi connectivity index (χ1) is 11.8. The highest BCUT2D eigenvalue weighted by molar-refractivity contribution is 5.70. The van der Waals surface area contributed by atoms with Gasteiger partial charge in [0, 0.05) is 12.1 Å². The largest absolute Gasteiger partial charge is 0.304 e. The molecule has 0 amide bonds. The van der Waals surface area contributed by atoms with Crippen LogP contribution in [0.2, 0.25) is 0 Å². The average molecular weight is 321 g/mol. The Bertz CT molecular complexity index is 680. The Morgan fingerprint density at radius 3 is 2.46 bits per heavy atom. The van der Waals surface area contributed by atoms with E-state index in [2.05, 4.69) is 33.5 Å². The minimum absolute atomic E-state index is 0.726. The third-order valence-corrected chi connectivity index (χ3v) is 3.22. The van der Waals surface area contributed by atoms with E-state index >= 15 is 0 Å². The van der Waals surface area contributed by atoms with Crippen LogP contribution < -0.4 is 0 Å². The molecular weight excluding hydrogens is 294 g/mol. The van der Waals surface area contributed by atoms with Gasteiger partial charge < -0.3 is 4.57 Å². The van der Waals surface area contributed by atoms with E-state index < -0.39 is 0 Å².